The molecule has 0 aliphatic carbocycles. The molecule has 2 aromatic rings. The van der Waals surface area contributed by atoms with Crippen LogP contribution in [0.15, 0.2) is 42.5 Å². The smallest absolute Gasteiger partial charge is 0.119 e. The maximum Gasteiger partial charge on any atom is 0.119 e. The summed E-state index contributed by atoms with van der Waals surface area (Å²) in [6.45, 7) is 1.73. The Morgan fingerprint density at radius 3 is 2.47 bits per heavy atom. The predicted octanol–water partition coefficient (Wildman–Crippen LogP) is 0.790. The molecule has 2 saturated heterocycles. The van der Waals surface area contributed by atoms with E-state index in [9.17, 15) is 20.4 Å². The van der Waals surface area contributed by atoms with Crippen molar-refractivity contribution in [3.63, 3.8) is 0 Å². The van der Waals surface area contributed by atoms with Crippen LogP contribution in [0.2, 0.25) is 0 Å². The average molecular weight is 446 g/mol. The quantitative estimate of drug-likeness (QED) is 0.395. The number of aliphatic hydroxyl groups excluding tert-OH is 4. The van der Waals surface area contributed by atoms with Gasteiger partial charge in [-0.25, -0.2) is 0 Å². The Hall–Kier alpha value is -2.20. The molecule has 6 N–H and O–H groups in total. The van der Waals surface area contributed by atoms with Gasteiger partial charge in [-0.1, -0.05) is 24.3 Å². The number of hydrogen-bond acceptors (Lipinski definition) is 8. The van der Waals surface area contributed by atoms with Crippen LogP contribution in [0.5, 0.6) is 5.75 Å². The van der Waals surface area contributed by atoms with Crippen LogP contribution in [0.1, 0.15) is 29.2 Å². The molecule has 0 amide bonds. The highest BCUT2D eigenvalue weighted by molar-refractivity contribution is 5.51. The van der Waals surface area contributed by atoms with Crippen LogP contribution in [0.4, 0.5) is 5.69 Å². The first-order valence-corrected chi connectivity index (χ1v) is 10.9. The monoisotopic (exact) mass is 445 g/mol. The second kappa shape index (κ2) is 10.2. The van der Waals surface area contributed by atoms with E-state index in [2.05, 4.69) is 0 Å². The Bertz CT molecular complexity index is 882. The Morgan fingerprint density at radius 2 is 1.78 bits per heavy atom. The summed E-state index contributed by atoms with van der Waals surface area (Å²) in [6, 6.07) is 13.1. The lowest BCUT2D eigenvalue weighted by molar-refractivity contribution is -0.231. The summed E-state index contributed by atoms with van der Waals surface area (Å²) in [6.07, 6.45) is -4.39. The van der Waals surface area contributed by atoms with Crippen LogP contribution in [-0.2, 0) is 15.9 Å². The van der Waals surface area contributed by atoms with E-state index >= 15 is 0 Å². The van der Waals surface area contributed by atoms with Gasteiger partial charge in [0, 0.05) is 18.2 Å². The second-order valence-electron chi connectivity index (χ2n) is 8.57. The van der Waals surface area contributed by atoms with E-state index in [4.69, 9.17) is 19.9 Å². The number of nitrogen functional groups attached to an aromatic ring is 1. The summed E-state index contributed by atoms with van der Waals surface area (Å²) in [4.78, 5) is 0. The van der Waals surface area contributed by atoms with Crippen LogP contribution < -0.4 is 10.5 Å². The third kappa shape index (κ3) is 5.06. The van der Waals surface area contributed by atoms with Crippen molar-refractivity contribution in [3.05, 3.63) is 59.2 Å². The zero-order valence-electron chi connectivity index (χ0n) is 17.8. The van der Waals surface area contributed by atoms with Gasteiger partial charge in [-0.15, -0.1) is 0 Å². The molecule has 0 spiro atoms. The molecule has 2 aromatic carbocycles. The molecule has 0 radical (unpaired) electrons. The van der Waals surface area contributed by atoms with Gasteiger partial charge in [-0.3, -0.25) is 0 Å². The van der Waals surface area contributed by atoms with E-state index in [-0.39, 0.29) is 0 Å². The van der Waals surface area contributed by atoms with Crippen molar-refractivity contribution in [3.8, 4) is 5.75 Å². The average Bonchev–Trinajstić information content (AvgIpc) is 3.33. The van der Waals surface area contributed by atoms with Gasteiger partial charge in [0.2, 0.25) is 0 Å². The number of anilines is 1. The summed E-state index contributed by atoms with van der Waals surface area (Å²) in [5.41, 5.74) is 9.28. The maximum atomic E-state index is 10.4. The normalized spacial score (nSPS) is 30.4. The van der Waals surface area contributed by atoms with Crippen LogP contribution >= 0.6 is 0 Å². The lowest BCUT2D eigenvalue weighted by Gasteiger charge is -2.40. The minimum absolute atomic E-state index is 0.444. The summed E-state index contributed by atoms with van der Waals surface area (Å²) in [5, 5.41) is 39.9. The van der Waals surface area contributed by atoms with Gasteiger partial charge in [0.05, 0.1) is 19.8 Å². The molecule has 0 saturated carbocycles. The lowest BCUT2D eigenvalue weighted by Crippen LogP contribution is -2.55. The van der Waals surface area contributed by atoms with Crippen molar-refractivity contribution >= 4 is 5.69 Å². The van der Waals surface area contributed by atoms with Gasteiger partial charge < -0.3 is 40.4 Å². The third-order valence-corrected chi connectivity index (χ3v) is 6.22. The Kier molecular flexibility index (Phi) is 7.30. The Morgan fingerprint density at radius 1 is 1.00 bits per heavy atom. The van der Waals surface area contributed by atoms with E-state index in [1.807, 2.05) is 30.3 Å². The van der Waals surface area contributed by atoms with Gasteiger partial charge in [-0.05, 0) is 47.7 Å². The molecule has 2 unspecified atom stereocenters. The first-order valence-electron chi connectivity index (χ1n) is 10.9. The second-order valence-corrected chi connectivity index (χ2v) is 8.57. The summed E-state index contributed by atoms with van der Waals surface area (Å²) < 4.78 is 16.9. The van der Waals surface area contributed by atoms with Crippen molar-refractivity contribution in [2.24, 2.45) is 5.92 Å². The molecule has 2 aliphatic heterocycles. The maximum absolute atomic E-state index is 10.4. The van der Waals surface area contributed by atoms with Crippen molar-refractivity contribution in [2.45, 2.75) is 43.4 Å². The molecule has 32 heavy (non-hydrogen) atoms. The van der Waals surface area contributed by atoms with Crippen LogP contribution in [-0.4, -0.2) is 71.3 Å². The fraction of sp³-hybridized carbons (Fsp3) is 0.500. The SMILES string of the molecule is Nc1ccc(C2O[C@H](CO)[C@@H](O)[C@H](O)[C@H]2O)cc1Cc1ccc(OCC2CCOC2)cc1. The largest absolute Gasteiger partial charge is 0.493 e. The lowest BCUT2D eigenvalue weighted by atomic mass is 9.89. The van der Waals surface area contributed by atoms with E-state index in [0.29, 0.717) is 30.2 Å². The third-order valence-electron chi connectivity index (χ3n) is 6.22. The topological polar surface area (TPSA) is 135 Å². The molecule has 6 atom stereocenters. The predicted molar refractivity (Wildman–Crippen MR) is 117 cm³/mol. The van der Waals surface area contributed by atoms with E-state index in [0.717, 1.165) is 36.5 Å². The molecule has 2 aliphatic rings. The molecular weight excluding hydrogens is 414 g/mol. The van der Waals surface area contributed by atoms with Gasteiger partial charge in [-0.2, -0.15) is 0 Å². The first-order chi connectivity index (χ1) is 15.5. The zero-order chi connectivity index (χ0) is 22.7. The standard InChI is InChI=1S/C24H31NO7/c25-19-6-3-16(24-23(29)22(28)21(27)20(11-26)32-24)10-17(19)9-14-1-4-18(5-2-14)31-13-15-7-8-30-12-15/h1-6,10,15,20-24,26-29H,7-9,11-13,25H2/t15?,20-,21-,22+,23-,24?/m1/s1. The highest BCUT2D eigenvalue weighted by Crippen LogP contribution is 2.34. The number of hydrogen-bond donors (Lipinski definition) is 5. The Balaban J connectivity index is 1.44. The fourth-order valence-corrected chi connectivity index (χ4v) is 4.19. The number of nitrogens with two attached hydrogens (primary N) is 1. The van der Waals surface area contributed by atoms with E-state index in [1.165, 1.54) is 0 Å². The number of benzene rings is 2. The van der Waals surface area contributed by atoms with Crippen molar-refractivity contribution in [2.75, 3.05) is 32.2 Å². The molecule has 0 bridgehead atoms. The molecule has 8 heteroatoms. The van der Waals surface area contributed by atoms with Gasteiger partial charge >= 0.3 is 0 Å². The first kappa shape index (κ1) is 23.0. The van der Waals surface area contributed by atoms with Crippen molar-refractivity contribution in [1.29, 1.82) is 0 Å². The highest BCUT2D eigenvalue weighted by atomic mass is 16.5. The van der Waals surface area contributed by atoms with E-state index < -0.39 is 37.1 Å². The van der Waals surface area contributed by atoms with Crippen molar-refractivity contribution in [1.82, 2.24) is 0 Å². The zero-order valence-corrected chi connectivity index (χ0v) is 17.8. The fourth-order valence-electron chi connectivity index (χ4n) is 4.19. The summed E-state index contributed by atoms with van der Waals surface area (Å²) in [5.74, 6) is 1.25. The number of ether oxygens (including phenoxy) is 3. The van der Waals surface area contributed by atoms with Crippen LogP contribution in [0, 0.1) is 5.92 Å². The number of rotatable bonds is 7. The minimum atomic E-state index is -1.42. The van der Waals surface area contributed by atoms with Crippen molar-refractivity contribution < 1.29 is 34.6 Å². The highest BCUT2D eigenvalue weighted by Gasteiger charge is 2.44. The molecule has 2 heterocycles. The molecule has 2 fully saturated rings. The van der Waals surface area contributed by atoms with Gasteiger partial charge in [0.25, 0.3) is 0 Å². The van der Waals surface area contributed by atoms with Crippen LogP contribution in [0.25, 0.3) is 0 Å². The Labute approximate surface area is 187 Å². The molecular formula is C24H31NO7. The van der Waals surface area contributed by atoms with Gasteiger partial charge in [0.1, 0.15) is 36.3 Å². The molecule has 174 valence electrons. The molecule has 0 aromatic heterocycles. The van der Waals surface area contributed by atoms with E-state index in [1.54, 1.807) is 12.1 Å². The van der Waals surface area contributed by atoms with Crippen LogP contribution in [0.3, 0.4) is 0 Å². The molecule has 8 nitrogen and oxygen atoms in total. The molecule has 4 rings (SSSR count). The number of aliphatic hydroxyl groups is 4. The summed E-state index contributed by atoms with van der Waals surface area (Å²) in [7, 11) is 0. The minimum Gasteiger partial charge on any atom is -0.493 e. The van der Waals surface area contributed by atoms with Gasteiger partial charge in [0.15, 0.2) is 0 Å². The summed E-state index contributed by atoms with van der Waals surface area (Å²) >= 11 is 0.